The van der Waals surface area contributed by atoms with E-state index in [0.29, 0.717) is 0 Å². The summed E-state index contributed by atoms with van der Waals surface area (Å²) in [7, 11) is 0. The Kier molecular flexibility index (Phi) is 11.1. The van der Waals surface area contributed by atoms with E-state index < -0.39 is 0 Å². The van der Waals surface area contributed by atoms with E-state index in [9.17, 15) is 0 Å². The summed E-state index contributed by atoms with van der Waals surface area (Å²) < 4.78 is 0. The summed E-state index contributed by atoms with van der Waals surface area (Å²) in [6, 6.07) is 13.2. The van der Waals surface area contributed by atoms with Crippen LogP contribution >= 0.6 is 23.1 Å². The molecule has 0 fully saturated rings. The summed E-state index contributed by atoms with van der Waals surface area (Å²) >= 11 is 3.95. The predicted octanol–water partition coefficient (Wildman–Crippen LogP) is 8.60. The molecule has 1 aromatic carbocycles. The van der Waals surface area contributed by atoms with Gasteiger partial charge in [0, 0.05) is 14.6 Å². The highest BCUT2D eigenvalue weighted by Crippen LogP contribution is 2.23. The lowest BCUT2D eigenvalue weighted by atomic mass is 10.0. The second kappa shape index (κ2) is 13.4. The van der Waals surface area contributed by atoms with Gasteiger partial charge in [-0.05, 0) is 62.6 Å². The van der Waals surface area contributed by atoms with Crippen LogP contribution in [0.4, 0.5) is 0 Å². The molecule has 0 radical (unpaired) electrons. The molecular weight excluding hydrogens is 352 g/mol. The summed E-state index contributed by atoms with van der Waals surface area (Å²) in [5.74, 6) is 1.27. The second-order valence-corrected chi connectivity index (χ2v) is 10.0. The molecule has 1 heterocycles. The lowest BCUT2D eigenvalue weighted by Crippen LogP contribution is -1.87. The van der Waals surface area contributed by atoms with Crippen LogP contribution in [0.25, 0.3) is 0 Å². The summed E-state index contributed by atoms with van der Waals surface area (Å²) in [5, 5.41) is 0. The van der Waals surface area contributed by atoms with Crippen LogP contribution in [0.15, 0.2) is 41.3 Å². The third-order valence-corrected chi connectivity index (χ3v) is 7.10. The van der Waals surface area contributed by atoms with E-state index in [1.165, 1.54) is 91.0 Å². The Morgan fingerprint density at radius 1 is 0.731 bits per heavy atom. The van der Waals surface area contributed by atoms with Crippen LogP contribution in [-0.2, 0) is 6.42 Å². The van der Waals surface area contributed by atoms with Crippen LogP contribution in [0.5, 0.6) is 0 Å². The number of thioether (sulfide) groups is 1. The lowest BCUT2D eigenvalue weighted by molar-refractivity contribution is 0.557. The van der Waals surface area contributed by atoms with Gasteiger partial charge in [-0.15, -0.1) is 23.1 Å². The van der Waals surface area contributed by atoms with Crippen molar-refractivity contribution in [1.82, 2.24) is 0 Å². The topological polar surface area (TPSA) is 0 Å². The van der Waals surface area contributed by atoms with Crippen molar-refractivity contribution in [2.45, 2.75) is 89.4 Å². The van der Waals surface area contributed by atoms with Crippen LogP contribution < -0.4 is 0 Å². The molecule has 0 unspecified atom stereocenters. The molecular formula is C24H36S2. The molecule has 0 amide bonds. The van der Waals surface area contributed by atoms with Crippen molar-refractivity contribution in [2.24, 2.45) is 0 Å². The molecule has 0 nitrogen and oxygen atoms in total. The molecule has 0 atom stereocenters. The molecule has 0 N–H and O–H groups in total. The van der Waals surface area contributed by atoms with Crippen LogP contribution in [0, 0.1) is 13.8 Å². The maximum atomic E-state index is 2.39. The van der Waals surface area contributed by atoms with Crippen molar-refractivity contribution < 1.29 is 0 Å². The number of thiophene rings is 1. The Hall–Kier alpha value is -0.730. The van der Waals surface area contributed by atoms with Crippen molar-refractivity contribution in [3.63, 3.8) is 0 Å². The van der Waals surface area contributed by atoms with Crippen LogP contribution in [0.1, 0.15) is 79.5 Å². The van der Waals surface area contributed by atoms with Gasteiger partial charge >= 0.3 is 0 Å². The molecule has 2 aromatic rings. The second-order valence-electron chi connectivity index (χ2n) is 7.39. The van der Waals surface area contributed by atoms with E-state index in [1.54, 1.807) is 5.56 Å². The van der Waals surface area contributed by atoms with E-state index in [0.717, 1.165) is 0 Å². The van der Waals surface area contributed by atoms with Crippen molar-refractivity contribution in [3.05, 3.63) is 51.7 Å². The number of benzene rings is 1. The highest BCUT2D eigenvalue weighted by Gasteiger charge is 2.02. The summed E-state index contributed by atoms with van der Waals surface area (Å²) in [6.07, 6.45) is 15.4. The van der Waals surface area contributed by atoms with Crippen LogP contribution in [0.3, 0.4) is 0 Å². The zero-order chi connectivity index (χ0) is 18.5. The first kappa shape index (κ1) is 21.6. The summed E-state index contributed by atoms with van der Waals surface area (Å²) in [4.78, 5) is 4.41. The van der Waals surface area contributed by atoms with Gasteiger partial charge < -0.3 is 0 Å². The Labute approximate surface area is 169 Å². The van der Waals surface area contributed by atoms with Gasteiger partial charge in [0.1, 0.15) is 0 Å². The van der Waals surface area contributed by atoms with Gasteiger partial charge in [0.2, 0.25) is 0 Å². The Morgan fingerprint density at radius 2 is 1.31 bits per heavy atom. The number of hydrogen-bond donors (Lipinski definition) is 0. The van der Waals surface area contributed by atoms with Gasteiger partial charge in [0.05, 0.1) is 0 Å². The fourth-order valence-electron chi connectivity index (χ4n) is 3.47. The fourth-order valence-corrected chi connectivity index (χ4v) is 5.38. The number of aryl methyl sites for hydroxylation is 3. The minimum absolute atomic E-state index is 1.27. The quantitative estimate of drug-likeness (QED) is 0.230. The Balaban J connectivity index is 1.32. The molecule has 0 bridgehead atoms. The minimum Gasteiger partial charge on any atom is -0.146 e. The molecule has 144 valence electrons. The molecule has 1 aromatic heterocycles. The average Bonchev–Trinajstić information content (AvgIpc) is 2.97. The zero-order valence-electron chi connectivity index (χ0n) is 16.8. The Morgan fingerprint density at radius 3 is 1.88 bits per heavy atom. The smallest absolute Gasteiger partial charge is 0.00719 e. The third-order valence-electron chi connectivity index (χ3n) is 5.00. The van der Waals surface area contributed by atoms with Crippen molar-refractivity contribution in [2.75, 3.05) is 5.75 Å². The lowest BCUT2D eigenvalue weighted by Gasteiger charge is -2.04. The molecule has 0 spiro atoms. The van der Waals surface area contributed by atoms with Crippen molar-refractivity contribution in [3.8, 4) is 0 Å². The third kappa shape index (κ3) is 9.28. The maximum Gasteiger partial charge on any atom is 0.00719 e. The maximum absolute atomic E-state index is 2.39. The van der Waals surface area contributed by atoms with Crippen LogP contribution in [0.2, 0.25) is 0 Å². The fraction of sp³-hybridized carbons (Fsp3) is 0.583. The number of hydrogen-bond acceptors (Lipinski definition) is 2. The van der Waals surface area contributed by atoms with E-state index >= 15 is 0 Å². The highest BCUT2D eigenvalue weighted by atomic mass is 32.2. The largest absolute Gasteiger partial charge is 0.146 e. The monoisotopic (exact) mass is 388 g/mol. The molecule has 0 saturated carbocycles. The predicted molar refractivity (Wildman–Crippen MR) is 121 cm³/mol. The van der Waals surface area contributed by atoms with E-state index in [4.69, 9.17) is 0 Å². The summed E-state index contributed by atoms with van der Waals surface area (Å²) in [5.41, 5.74) is 1.60. The average molecular weight is 389 g/mol. The van der Waals surface area contributed by atoms with Gasteiger partial charge in [0.15, 0.2) is 0 Å². The molecule has 0 saturated heterocycles. The normalized spacial score (nSPS) is 11.2. The van der Waals surface area contributed by atoms with Gasteiger partial charge in [-0.3, -0.25) is 0 Å². The van der Waals surface area contributed by atoms with Gasteiger partial charge in [0.25, 0.3) is 0 Å². The van der Waals surface area contributed by atoms with E-state index in [2.05, 4.69) is 50.2 Å². The number of rotatable bonds is 14. The SMILES string of the molecule is Cc1cc(CCCCCCCCCCCCSc2ccccc2)c(C)s1. The Bertz CT molecular complexity index is 586. The standard InChI is InChI=1S/C24H36S2/c1-21-20-23(22(2)26-21)16-12-9-7-5-3-4-6-8-10-15-19-25-24-17-13-11-14-18-24/h11,13-14,17-18,20H,3-10,12,15-16,19H2,1-2H3. The molecule has 2 heteroatoms. The van der Waals surface area contributed by atoms with Crippen molar-refractivity contribution in [1.29, 1.82) is 0 Å². The van der Waals surface area contributed by atoms with E-state index in [1.807, 2.05) is 23.1 Å². The number of unbranched alkanes of at least 4 members (excludes halogenated alkanes) is 9. The van der Waals surface area contributed by atoms with Gasteiger partial charge in [-0.2, -0.15) is 0 Å². The highest BCUT2D eigenvalue weighted by molar-refractivity contribution is 7.99. The molecule has 0 aliphatic rings. The first-order valence-corrected chi connectivity index (χ1v) is 12.3. The zero-order valence-corrected chi connectivity index (χ0v) is 18.4. The van der Waals surface area contributed by atoms with Crippen molar-refractivity contribution >= 4 is 23.1 Å². The van der Waals surface area contributed by atoms with Crippen LogP contribution in [-0.4, -0.2) is 5.75 Å². The van der Waals surface area contributed by atoms with E-state index in [-0.39, 0.29) is 0 Å². The molecule has 2 rings (SSSR count). The van der Waals surface area contributed by atoms with Gasteiger partial charge in [-0.1, -0.05) is 69.6 Å². The summed E-state index contributed by atoms with van der Waals surface area (Å²) in [6.45, 7) is 4.50. The first-order chi connectivity index (χ1) is 12.8. The minimum atomic E-state index is 1.27. The first-order valence-electron chi connectivity index (χ1n) is 10.5. The molecule has 0 aliphatic carbocycles. The molecule has 0 aliphatic heterocycles. The molecule has 26 heavy (non-hydrogen) atoms. The van der Waals surface area contributed by atoms with Gasteiger partial charge in [-0.25, -0.2) is 0 Å².